The predicted molar refractivity (Wildman–Crippen MR) is 94.2 cm³/mol. The van der Waals surface area contributed by atoms with Gasteiger partial charge in [-0.2, -0.15) is 0 Å². The zero-order valence-electron chi connectivity index (χ0n) is 13.5. The summed E-state index contributed by atoms with van der Waals surface area (Å²) >= 11 is 1.76. The first-order valence-corrected chi connectivity index (χ1v) is 8.84. The van der Waals surface area contributed by atoms with Gasteiger partial charge < -0.3 is 10.1 Å². The van der Waals surface area contributed by atoms with Gasteiger partial charge in [-0.3, -0.25) is 4.79 Å². The quantitative estimate of drug-likeness (QED) is 0.674. The van der Waals surface area contributed by atoms with E-state index in [1.807, 2.05) is 24.3 Å². The molecule has 0 spiro atoms. The molecular formula is C19H21NO2S. The van der Waals surface area contributed by atoms with Crippen molar-refractivity contribution in [3.63, 3.8) is 0 Å². The van der Waals surface area contributed by atoms with E-state index in [-0.39, 0.29) is 12.0 Å². The van der Waals surface area contributed by atoms with E-state index in [9.17, 15) is 4.79 Å². The molecule has 1 atom stereocenters. The Morgan fingerprint density at radius 1 is 1.22 bits per heavy atom. The summed E-state index contributed by atoms with van der Waals surface area (Å²) in [5.74, 6) is 1.66. The van der Waals surface area contributed by atoms with Gasteiger partial charge in [-0.25, -0.2) is 0 Å². The molecule has 2 aromatic rings. The molecule has 1 aliphatic rings. The number of hydrogen-bond acceptors (Lipinski definition) is 3. The van der Waals surface area contributed by atoms with Crippen LogP contribution in [0.15, 0.2) is 47.4 Å². The second-order valence-corrected chi connectivity index (χ2v) is 6.97. The average molecular weight is 327 g/mol. The fraction of sp³-hybridized carbons (Fsp3) is 0.316. The van der Waals surface area contributed by atoms with Crippen LogP contribution in [0.4, 0.5) is 0 Å². The highest BCUT2D eigenvalue weighted by atomic mass is 32.2. The maximum atomic E-state index is 12.2. The Morgan fingerprint density at radius 2 is 2.04 bits per heavy atom. The van der Waals surface area contributed by atoms with Crippen LogP contribution >= 0.6 is 11.8 Å². The van der Waals surface area contributed by atoms with Crippen LogP contribution in [0.1, 0.15) is 16.7 Å². The number of ether oxygens (including phenoxy) is 1. The van der Waals surface area contributed by atoms with E-state index in [1.165, 1.54) is 16.0 Å². The van der Waals surface area contributed by atoms with E-state index in [1.54, 1.807) is 11.8 Å². The molecule has 1 aliphatic heterocycles. The molecule has 23 heavy (non-hydrogen) atoms. The van der Waals surface area contributed by atoms with Gasteiger partial charge in [-0.05, 0) is 48.7 Å². The molecule has 3 nitrogen and oxygen atoms in total. The van der Waals surface area contributed by atoms with E-state index < -0.39 is 0 Å². The Bertz CT molecular complexity index is 689. The zero-order chi connectivity index (χ0) is 16.2. The minimum atomic E-state index is -0.390. The lowest BCUT2D eigenvalue weighted by atomic mass is 10.1. The van der Waals surface area contributed by atoms with Crippen molar-refractivity contribution < 1.29 is 9.53 Å². The van der Waals surface area contributed by atoms with Gasteiger partial charge in [-0.15, -0.1) is 11.8 Å². The van der Waals surface area contributed by atoms with Gasteiger partial charge in [0.1, 0.15) is 5.75 Å². The van der Waals surface area contributed by atoms with Crippen molar-refractivity contribution in [2.45, 2.75) is 31.3 Å². The summed E-state index contributed by atoms with van der Waals surface area (Å²) < 4.78 is 5.69. The molecule has 1 amide bonds. The normalized spacial score (nSPS) is 15.8. The van der Waals surface area contributed by atoms with E-state index in [2.05, 4.69) is 37.4 Å². The summed E-state index contributed by atoms with van der Waals surface area (Å²) in [7, 11) is 0. The minimum Gasteiger partial charge on any atom is -0.480 e. The van der Waals surface area contributed by atoms with Gasteiger partial charge in [0, 0.05) is 23.6 Å². The standard InChI is InChI=1S/C19H21NO2S/c1-13-7-8-16(11-14(13)2)23-10-9-20-19(21)18-12-15-5-3-4-6-17(15)22-18/h3-8,11,18H,9-10,12H2,1-2H3,(H,20,21)/t18-/m0/s1. The molecule has 0 saturated carbocycles. The fourth-order valence-corrected chi connectivity index (χ4v) is 3.45. The third-order valence-corrected chi connectivity index (χ3v) is 5.08. The summed E-state index contributed by atoms with van der Waals surface area (Å²) in [4.78, 5) is 13.4. The molecule has 120 valence electrons. The maximum absolute atomic E-state index is 12.2. The first-order chi connectivity index (χ1) is 11.1. The first kappa shape index (κ1) is 15.9. The molecule has 0 aromatic heterocycles. The first-order valence-electron chi connectivity index (χ1n) is 7.86. The molecule has 2 aromatic carbocycles. The molecule has 0 fully saturated rings. The summed E-state index contributed by atoms with van der Waals surface area (Å²) in [5, 5.41) is 2.97. The molecule has 0 radical (unpaired) electrons. The second kappa shape index (κ2) is 7.09. The highest BCUT2D eigenvalue weighted by Crippen LogP contribution is 2.28. The van der Waals surface area contributed by atoms with Gasteiger partial charge in [0.2, 0.25) is 0 Å². The van der Waals surface area contributed by atoms with E-state index in [0.29, 0.717) is 13.0 Å². The minimum absolute atomic E-state index is 0.0260. The number of hydrogen-bond donors (Lipinski definition) is 1. The summed E-state index contributed by atoms with van der Waals surface area (Å²) in [5.41, 5.74) is 3.72. The molecule has 0 unspecified atom stereocenters. The van der Waals surface area contributed by atoms with Crippen LogP contribution < -0.4 is 10.1 Å². The Kier molecular flexibility index (Phi) is 4.91. The van der Waals surface area contributed by atoms with Crippen molar-refractivity contribution in [3.05, 3.63) is 59.2 Å². The summed E-state index contributed by atoms with van der Waals surface area (Å²) in [6, 6.07) is 14.3. The van der Waals surface area contributed by atoms with Crippen LogP contribution in [0.5, 0.6) is 5.75 Å². The van der Waals surface area contributed by atoms with Gasteiger partial charge in [0.15, 0.2) is 6.10 Å². The van der Waals surface area contributed by atoms with Gasteiger partial charge in [-0.1, -0.05) is 24.3 Å². The fourth-order valence-electron chi connectivity index (χ4n) is 2.59. The van der Waals surface area contributed by atoms with Crippen molar-refractivity contribution in [2.75, 3.05) is 12.3 Å². The molecular weight excluding hydrogens is 306 g/mol. The smallest absolute Gasteiger partial charge is 0.261 e. The second-order valence-electron chi connectivity index (χ2n) is 5.80. The van der Waals surface area contributed by atoms with E-state index in [4.69, 9.17) is 4.74 Å². The number of aryl methyl sites for hydroxylation is 2. The number of thioether (sulfide) groups is 1. The molecule has 4 heteroatoms. The number of rotatable bonds is 5. The van der Waals surface area contributed by atoms with Gasteiger partial charge in [0.25, 0.3) is 5.91 Å². The number of carbonyl (C=O) groups is 1. The van der Waals surface area contributed by atoms with Crippen molar-refractivity contribution in [3.8, 4) is 5.75 Å². The number of nitrogens with one attached hydrogen (secondary N) is 1. The molecule has 1 heterocycles. The van der Waals surface area contributed by atoms with Crippen LogP contribution in [0, 0.1) is 13.8 Å². The lowest BCUT2D eigenvalue weighted by Crippen LogP contribution is -2.38. The highest BCUT2D eigenvalue weighted by molar-refractivity contribution is 7.99. The predicted octanol–water partition coefficient (Wildman–Crippen LogP) is 3.52. The third-order valence-electron chi connectivity index (χ3n) is 4.09. The highest BCUT2D eigenvalue weighted by Gasteiger charge is 2.28. The van der Waals surface area contributed by atoms with Crippen LogP contribution in [0.25, 0.3) is 0 Å². The number of benzene rings is 2. The monoisotopic (exact) mass is 327 g/mol. The number of para-hydroxylation sites is 1. The maximum Gasteiger partial charge on any atom is 0.261 e. The van der Waals surface area contributed by atoms with Gasteiger partial charge >= 0.3 is 0 Å². The summed E-state index contributed by atoms with van der Waals surface area (Å²) in [6.45, 7) is 4.88. The zero-order valence-corrected chi connectivity index (χ0v) is 14.3. The Labute approximate surface area is 141 Å². The molecule has 0 aliphatic carbocycles. The number of carbonyl (C=O) groups excluding carboxylic acids is 1. The Hall–Kier alpha value is -1.94. The average Bonchev–Trinajstić information content (AvgIpc) is 2.99. The topological polar surface area (TPSA) is 38.3 Å². The Morgan fingerprint density at radius 3 is 2.83 bits per heavy atom. The van der Waals surface area contributed by atoms with E-state index in [0.717, 1.165) is 17.1 Å². The van der Waals surface area contributed by atoms with Crippen molar-refractivity contribution >= 4 is 17.7 Å². The third kappa shape index (κ3) is 3.88. The van der Waals surface area contributed by atoms with E-state index >= 15 is 0 Å². The van der Waals surface area contributed by atoms with Gasteiger partial charge in [0.05, 0.1) is 0 Å². The lowest BCUT2D eigenvalue weighted by Gasteiger charge is -2.11. The van der Waals surface area contributed by atoms with Crippen molar-refractivity contribution in [1.29, 1.82) is 0 Å². The van der Waals surface area contributed by atoms with Crippen LogP contribution in [0.3, 0.4) is 0 Å². The van der Waals surface area contributed by atoms with Crippen LogP contribution in [-0.4, -0.2) is 24.3 Å². The SMILES string of the molecule is Cc1ccc(SCCNC(=O)[C@@H]2Cc3ccccc3O2)cc1C. The lowest BCUT2D eigenvalue weighted by molar-refractivity contribution is -0.127. The van der Waals surface area contributed by atoms with Crippen LogP contribution in [0.2, 0.25) is 0 Å². The summed E-state index contributed by atoms with van der Waals surface area (Å²) in [6.07, 6.45) is 0.269. The van der Waals surface area contributed by atoms with Crippen molar-refractivity contribution in [2.24, 2.45) is 0 Å². The van der Waals surface area contributed by atoms with Crippen LogP contribution in [-0.2, 0) is 11.2 Å². The number of fused-ring (bicyclic) bond motifs is 1. The molecule has 1 N–H and O–H groups in total. The molecule has 0 saturated heterocycles. The molecule has 3 rings (SSSR count). The number of amides is 1. The largest absolute Gasteiger partial charge is 0.480 e. The molecule has 0 bridgehead atoms. The van der Waals surface area contributed by atoms with Crippen molar-refractivity contribution in [1.82, 2.24) is 5.32 Å². The Balaban J connectivity index is 1.43.